The van der Waals surface area contributed by atoms with Crippen molar-refractivity contribution in [1.82, 2.24) is 14.8 Å². The number of anilines is 1. The minimum atomic E-state index is -0.339. The Balaban J connectivity index is 1.64. The van der Waals surface area contributed by atoms with Gasteiger partial charge in [0.15, 0.2) is 0 Å². The van der Waals surface area contributed by atoms with Crippen molar-refractivity contribution in [1.29, 1.82) is 0 Å². The first-order chi connectivity index (χ1) is 14.2. The Labute approximate surface area is 178 Å². The molecule has 3 aromatic rings. The Morgan fingerprint density at radius 2 is 2.10 bits per heavy atom. The SMILES string of the molecule is CCCOC(=O)C1=C(C)Nc2nc(SCc3ccccc3)nn2C1c1cccs1. The van der Waals surface area contributed by atoms with Crippen LogP contribution in [-0.2, 0) is 15.3 Å². The number of carbonyl (C=O) groups excluding carboxylic acids is 1. The normalized spacial score (nSPS) is 15.7. The van der Waals surface area contributed by atoms with Crippen LogP contribution in [0.15, 0.2) is 64.3 Å². The van der Waals surface area contributed by atoms with Gasteiger partial charge in [-0.3, -0.25) is 0 Å². The number of esters is 1. The lowest BCUT2D eigenvalue weighted by molar-refractivity contribution is -0.139. The van der Waals surface area contributed by atoms with Crippen molar-refractivity contribution in [2.24, 2.45) is 0 Å². The average Bonchev–Trinajstić information content (AvgIpc) is 3.40. The van der Waals surface area contributed by atoms with E-state index in [9.17, 15) is 4.79 Å². The number of aromatic nitrogens is 3. The number of hydrogen-bond acceptors (Lipinski definition) is 7. The maximum Gasteiger partial charge on any atom is 0.338 e. The summed E-state index contributed by atoms with van der Waals surface area (Å²) in [5.74, 6) is 1.12. The average molecular weight is 427 g/mol. The van der Waals surface area contributed by atoms with Gasteiger partial charge >= 0.3 is 5.97 Å². The van der Waals surface area contributed by atoms with Crippen LogP contribution >= 0.6 is 23.1 Å². The fourth-order valence-corrected chi connectivity index (χ4v) is 4.76. The van der Waals surface area contributed by atoms with Gasteiger partial charge in [-0.1, -0.05) is 55.1 Å². The summed E-state index contributed by atoms with van der Waals surface area (Å²) in [5, 5.41) is 10.6. The Morgan fingerprint density at radius 1 is 1.28 bits per heavy atom. The van der Waals surface area contributed by atoms with Crippen molar-refractivity contribution in [3.8, 4) is 0 Å². The second kappa shape index (κ2) is 8.84. The number of ether oxygens (including phenoxy) is 1. The molecule has 1 atom stereocenters. The van der Waals surface area contributed by atoms with E-state index in [0.717, 1.165) is 22.7 Å². The lowest BCUT2D eigenvalue weighted by Gasteiger charge is -2.27. The van der Waals surface area contributed by atoms with Gasteiger partial charge in [-0.2, -0.15) is 4.98 Å². The standard InChI is InChI=1S/C21H22N4O2S2/c1-3-11-27-19(26)17-14(2)22-20-23-21(29-13-15-8-5-4-6-9-15)24-25(20)18(17)16-10-7-12-28-16/h4-10,12,18H,3,11,13H2,1-2H3,(H,22,23,24). The number of thioether (sulfide) groups is 1. The van der Waals surface area contributed by atoms with Gasteiger partial charge in [-0.15, -0.1) is 16.4 Å². The summed E-state index contributed by atoms with van der Waals surface area (Å²) in [6.07, 6.45) is 0.782. The van der Waals surface area contributed by atoms with E-state index in [1.54, 1.807) is 27.8 Å². The molecule has 0 aliphatic carbocycles. The second-order valence-corrected chi connectivity index (χ2v) is 8.58. The smallest absolute Gasteiger partial charge is 0.338 e. The van der Waals surface area contributed by atoms with Crippen molar-refractivity contribution < 1.29 is 9.53 Å². The van der Waals surface area contributed by atoms with Crippen molar-refractivity contribution >= 4 is 35.0 Å². The number of carbonyl (C=O) groups is 1. The molecule has 1 N–H and O–H groups in total. The van der Waals surface area contributed by atoms with Gasteiger partial charge in [0.25, 0.3) is 0 Å². The van der Waals surface area contributed by atoms with Crippen molar-refractivity contribution in [3.05, 3.63) is 69.6 Å². The first kappa shape index (κ1) is 19.7. The third-order valence-corrected chi connectivity index (χ3v) is 6.35. The van der Waals surface area contributed by atoms with Crippen LogP contribution in [0, 0.1) is 0 Å². The molecule has 0 amide bonds. The van der Waals surface area contributed by atoms with Gasteiger partial charge in [-0.25, -0.2) is 9.48 Å². The minimum Gasteiger partial charge on any atom is -0.462 e. The zero-order valence-electron chi connectivity index (χ0n) is 16.3. The number of rotatable bonds is 7. The van der Waals surface area contributed by atoms with Crippen LogP contribution in [0.3, 0.4) is 0 Å². The third kappa shape index (κ3) is 4.23. The minimum absolute atomic E-state index is 0.310. The number of hydrogen-bond donors (Lipinski definition) is 1. The zero-order valence-corrected chi connectivity index (χ0v) is 17.9. The molecule has 1 unspecified atom stereocenters. The van der Waals surface area contributed by atoms with Gasteiger partial charge in [-0.05, 0) is 30.4 Å². The molecule has 0 bridgehead atoms. The van der Waals surface area contributed by atoms with Crippen LogP contribution in [0.5, 0.6) is 0 Å². The number of fused-ring (bicyclic) bond motifs is 1. The van der Waals surface area contributed by atoms with Crippen molar-refractivity contribution in [3.63, 3.8) is 0 Å². The molecule has 1 aromatic carbocycles. The molecular formula is C21H22N4O2S2. The summed E-state index contributed by atoms with van der Waals surface area (Å²) in [6, 6.07) is 13.9. The predicted molar refractivity (Wildman–Crippen MR) is 116 cm³/mol. The molecule has 2 aromatic heterocycles. The first-order valence-corrected chi connectivity index (χ1v) is 11.4. The summed E-state index contributed by atoms with van der Waals surface area (Å²) < 4.78 is 7.26. The molecule has 4 rings (SSSR count). The predicted octanol–water partition coefficient (Wildman–Crippen LogP) is 4.87. The number of nitrogens with zero attached hydrogens (tertiary/aromatic N) is 3. The molecule has 150 valence electrons. The Kier molecular flexibility index (Phi) is 6.01. The van der Waals surface area contributed by atoms with E-state index in [1.807, 2.05) is 49.6 Å². The fourth-order valence-electron chi connectivity index (χ4n) is 3.16. The van der Waals surface area contributed by atoms with E-state index in [1.165, 1.54) is 5.56 Å². The van der Waals surface area contributed by atoms with E-state index in [4.69, 9.17) is 9.84 Å². The quantitative estimate of drug-likeness (QED) is 0.429. The number of allylic oxidation sites excluding steroid dienone is 1. The molecule has 3 heterocycles. The fraction of sp³-hybridized carbons (Fsp3) is 0.286. The highest BCUT2D eigenvalue weighted by Crippen LogP contribution is 2.38. The van der Waals surface area contributed by atoms with E-state index in [2.05, 4.69) is 22.4 Å². The molecule has 8 heteroatoms. The monoisotopic (exact) mass is 426 g/mol. The van der Waals surface area contributed by atoms with Gasteiger partial charge in [0.2, 0.25) is 11.1 Å². The topological polar surface area (TPSA) is 69.0 Å². The summed E-state index contributed by atoms with van der Waals surface area (Å²) >= 11 is 3.17. The third-order valence-electron chi connectivity index (χ3n) is 4.51. The van der Waals surface area contributed by atoms with E-state index in [0.29, 0.717) is 23.3 Å². The van der Waals surface area contributed by atoms with Crippen LogP contribution in [0.4, 0.5) is 5.95 Å². The van der Waals surface area contributed by atoms with Crippen LogP contribution in [-0.4, -0.2) is 27.3 Å². The molecule has 0 spiro atoms. The van der Waals surface area contributed by atoms with Crippen molar-refractivity contribution in [2.75, 3.05) is 11.9 Å². The van der Waals surface area contributed by atoms with Gasteiger partial charge in [0, 0.05) is 16.3 Å². The lowest BCUT2D eigenvalue weighted by Crippen LogP contribution is -2.29. The van der Waals surface area contributed by atoms with E-state index < -0.39 is 0 Å². The molecule has 1 aliphatic rings. The van der Waals surface area contributed by atoms with E-state index >= 15 is 0 Å². The maximum absolute atomic E-state index is 12.8. The van der Waals surface area contributed by atoms with Gasteiger partial charge < -0.3 is 10.1 Å². The zero-order chi connectivity index (χ0) is 20.2. The molecule has 0 radical (unpaired) electrons. The van der Waals surface area contributed by atoms with Crippen LogP contribution in [0.2, 0.25) is 0 Å². The van der Waals surface area contributed by atoms with E-state index in [-0.39, 0.29) is 12.0 Å². The molecular weight excluding hydrogens is 404 g/mol. The summed E-state index contributed by atoms with van der Waals surface area (Å²) in [6.45, 7) is 4.27. The number of benzene rings is 1. The molecule has 29 heavy (non-hydrogen) atoms. The van der Waals surface area contributed by atoms with Crippen molar-refractivity contribution in [2.45, 2.75) is 37.2 Å². The largest absolute Gasteiger partial charge is 0.462 e. The van der Waals surface area contributed by atoms with Crippen LogP contribution < -0.4 is 5.32 Å². The molecule has 0 saturated heterocycles. The number of nitrogens with one attached hydrogen (secondary N) is 1. The molecule has 0 fully saturated rings. The summed E-state index contributed by atoms with van der Waals surface area (Å²) in [5.41, 5.74) is 2.55. The lowest BCUT2D eigenvalue weighted by atomic mass is 10.0. The number of thiophene rings is 1. The highest BCUT2D eigenvalue weighted by molar-refractivity contribution is 7.98. The maximum atomic E-state index is 12.8. The van der Waals surface area contributed by atoms with Gasteiger partial charge in [0.05, 0.1) is 12.2 Å². The second-order valence-electron chi connectivity index (χ2n) is 6.65. The van der Waals surface area contributed by atoms with Crippen LogP contribution in [0.25, 0.3) is 0 Å². The van der Waals surface area contributed by atoms with Crippen LogP contribution in [0.1, 0.15) is 36.8 Å². The summed E-state index contributed by atoms with van der Waals surface area (Å²) in [7, 11) is 0. The van der Waals surface area contributed by atoms with Gasteiger partial charge in [0.1, 0.15) is 6.04 Å². The molecule has 6 nitrogen and oxygen atoms in total. The first-order valence-electron chi connectivity index (χ1n) is 9.49. The molecule has 1 aliphatic heterocycles. The Bertz CT molecular complexity index is 1010. The molecule has 0 saturated carbocycles. The Hall–Kier alpha value is -2.58. The summed E-state index contributed by atoms with van der Waals surface area (Å²) in [4.78, 5) is 18.5. The highest BCUT2D eigenvalue weighted by atomic mass is 32.2. The highest BCUT2D eigenvalue weighted by Gasteiger charge is 2.35. The Morgan fingerprint density at radius 3 is 2.83 bits per heavy atom.